The molecule has 0 aromatic heterocycles. The van der Waals surface area contributed by atoms with Gasteiger partial charge in [0, 0.05) is 31.9 Å². The van der Waals surface area contributed by atoms with Gasteiger partial charge in [0.2, 0.25) is 0 Å². The van der Waals surface area contributed by atoms with Gasteiger partial charge in [0.15, 0.2) is 0 Å². The Balaban J connectivity index is 2.03. The Kier molecular flexibility index (Phi) is 5.44. The van der Waals surface area contributed by atoms with E-state index in [2.05, 4.69) is 67.4 Å². The van der Waals surface area contributed by atoms with E-state index >= 15 is 0 Å². The molecule has 0 radical (unpaired) electrons. The van der Waals surface area contributed by atoms with E-state index in [1.165, 1.54) is 37.1 Å². The summed E-state index contributed by atoms with van der Waals surface area (Å²) in [5.41, 5.74) is 2.68. The van der Waals surface area contributed by atoms with E-state index < -0.39 is 0 Å². The van der Waals surface area contributed by atoms with Crippen molar-refractivity contribution in [2.45, 2.75) is 38.3 Å². The summed E-state index contributed by atoms with van der Waals surface area (Å²) in [6.07, 6.45) is 3.86. The van der Waals surface area contributed by atoms with E-state index in [-0.39, 0.29) is 0 Å². The van der Waals surface area contributed by atoms with Crippen LogP contribution < -0.4 is 10.2 Å². The first-order valence-electron chi connectivity index (χ1n) is 7.79. The lowest BCUT2D eigenvalue weighted by Crippen LogP contribution is -2.34. The first-order valence-corrected chi connectivity index (χ1v) is 7.79. The molecule has 112 valence electrons. The van der Waals surface area contributed by atoms with Gasteiger partial charge in [-0.3, -0.25) is 4.90 Å². The Bertz CT molecular complexity index is 391. The molecule has 20 heavy (non-hydrogen) atoms. The molecular weight excluding hydrogens is 246 g/mol. The van der Waals surface area contributed by atoms with Gasteiger partial charge in [0.25, 0.3) is 0 Å². The number of hydrogen-bond acceptors (Lipinski definition) is 3. The van der Waals surface area contributed by atoms with E-state index in [1.807, 2.05) is 0 Å². The van der Waals surface area contributed by atoms with E-state index in [9.17, 15) is 0 Å². The topological polar surface area (TPSA) is 18.5 Å². The second-order valence-corrected chi connectivity index (χ2v) is 6.16. The molecule has 0 amide bonds. The predicted molar refractivity (Wildman–Crippen MR) is 87.5 cm³/mol. The standard InChI is InChI=1S/C17H29N3/c1-14(15-7-9-16(10-8-15)19(2)3)20(4)17-6-5-12-18-13-11-17/h7-10,14,17-18H,5-6,11-13H2,1-4H3. The van der Waals surface area contributed by atoms with Crippen LogP contribution in [0.15, 0.2) is 24.3 Å². The molecule has 2 unspecified atom stereocenters. The van der Waals surface area contributed by atoms with Crippen LogP contribution in [0.5, 0.6) is 0 Å². The van der Waals surface area contributed by atoms with Gasteiger partial charge in [-0.1, -0.05) is 12.1 Å². The molecule has 1 aliphatic heterocycles. The zero-order valence-corrected chi connectivity index (χ0v) is 13.4. The van der Waals surface area contributed by atoms with Gasteiger partial charge >= 0.3 is 0 Å². The lowest BCUT2D eigenvalue weighted by molar-refractivity contribution is 0.171. The molecule has 1 fully saturated rings. The first-order chi connectivity index (χ1) is 9.59. The third-order valence-electron chi connectivity index (χ3n) is 4.62. The van der Waals surface area contributed by atoms with Crippen molar-refractivity contribution in [2.75, 3.05) is 39.1 Å². The second kappa shape index (κ2) is 7.09. The van der Waals surface area contributed by atoms with E-state index in [1.54, 1.807) is 0 Å². The SMILES string of the molecule is CC(c1ccc(N(C)C)cc1)N(C)C1CCCNCC1. The zero-order valence-electron chi connectivity index (χ0n) is 13.4. The smallest absolute Gasteiger partial charge is 0.0361 e. The van der Waals surface area contributed by atoms with Crippen LogP contribution in [0.2, 0.25) is 0 Å². The highest BCUT2D eigenvalue weighted by molar-refractivity contribution is 5.46. The summed E-state index contributed by atoms with van der Waals surface area (Å²) in [4.78, 5) is 4.70. The van der Waals surface area contributed by atoms with Crippen LogP contribution in [0, 0.1) is 0 Å². The van der Waals surface area contributed by atoms with Crippen LogP contribution in [-0.4, -0.2) is 45.2 Å². The Hall–Kier alpha value is -1.06. The summed E-state index contributed by atoms with van der Waals surface area (Å²) in [5, 5.41) is 3.50. The van der Waals surface area contributed by atoms with E-state index in [0.717, 1.165) is 6.54 Å². The summed E-state index contributed by atoms with van der Waals surface area (Å²) in [5.74, 6) is 0. The zero-order chi connectivity index (χ0) is 14.5. The molecule has 0 saturated carbocycles. The van der Waals surface area contributed by atoms with E-state index in [0.29, 0.717) is 12.1 Å². The van der Waals surface area contributed by atoms with Crippen molar-refractivity contribution in [3.63, 3.8) is 0 Å². The fourth-order valence-electron chi connectivity index (χ4n) is 3.01. The molecule has 2 rings (SSSR count). The lowest BCUT2D eigenvalue weighted by atomic mass is 10.0. The van der Waals surface area contributed by atoms with Crippen LogP contribution >= 0.6 is 0 Å². The monoisotopic (exact) mass is 275 g/mol. The summed E-state index contributed by atoms with van der Waals surface area (Å²) in [6, 6.07) is 10.2. The van der Waals surface area contributed by atoms with Gasteiger partial charge in [-0.25, -0.2) is 0 Å². The number of hydrogen-bond donors (Lipinski definition) is 1. The van der Waals surface area contributed by atoms with Crippen molar-refractivity contribution in [3.8, 4) is 0 Å². The highest BCUT2D eigenvalue weighted by Crippen LogP contribution is 2.26. The maximum Gasteiger partial charge on any atom is 0.0361 e. The molecule has 1 aliphatic rings. The molecule has 1 aromatic rings. The number of nitrogens with zero attached hydrogens (tertiary/aromatic N) is 2. The van der Waals surface area contributed by atoms with Gasteiger partial charge < -0.3 is 10.2 Å². The van der Waals surface area contributed by atoms with Crippen molar-refractivity contribution in [2.24, 2.45) is 0 Å². The predicted octanol–water partition coefficient (Wildman–Crippen LogP) is 2.89. The second-order valence-electron chi connectivity index (χ2n) is 6.16. The van der Waals surface area contributed by atoms with Gasteiger partial charge in [-0.05, 0) is 64.0 Å². The summed E-state index contributed by atoms with van der Waals surface area (Å²) in [6.45, 7) is 4.65. The molecule has 3 heteroatoms. The molecule has 1 saturated heterocycles. The minimum atomic E-state index is 0.481. The van der Waals surface area contributed by atoms with Crippen LogP contribution in [0.4, 0.5) is 5.69 Å². The molecule has 0 spiro atoms. The van der Waals surface area contributed by atoms with Crippen molar-refractivity contribution >= 4 is 5.69 Å². The van der Waals surface area contributed by atoms with Crippen molar-refractivity contribution in [1.29, 1.82) is 0 Å². The maximum atomic E-state index is 3.50. The molecule has 1 N–H and O–H groups in total. The van der Waals surface area contributed by atoms with Gasteiger partial charge in [0.05, 0.1) is 0 Å². The van der Waals surface area contributed by atoms with Crippen molar-refractivity contribution in [1.82, 2.24) is 10.2 Å². The highest BCUT2D eigenvalue weighted by atomic mass is 15.2. The largest absolute Gasteiger partial charge is 0.378 e. The lowest BCUT2D eigenvalue weighted by Gasteiger charge is -2.33. The van der Waals surface area contributed by atoms with Crippen LogP contribution in [0.25, 0.3) is 0 Å². The average Bonchev–Trinajstić information content (AvgIpc) is 2.75. The first kappa shape index (κ1) is 15.3. The molecule has 2 atom stereocenters. The minimum Gasteiger partial charge on any atom is -0.378 e. The molecule has 1 aromatic carbocycles. The van der Waals surface area contributed by atoms with E-state index in [4.69, 9.17) is 0 Å². The Labute approximate surface area is 124 Å². The van der Waals surface area contributed by atoms with Gasteiger partial charge in [-0.15, -0.1) is 0 Å². The number of rotatable bonds is 4. The van der Waals surface area contributed by atoms with Crippen molar-refractivity contribution < 1.29 is 0 Å². The van der Waals surface area contributed by atoms with Crippen LogP contribution in [0.3, 0.4) is 0 Å². The Morgan fingerprint density at radius 3 is 2.40 bits per heavy atom. The van der Waals surface area contributed by atoms with Crippen LogP contribution in [-0.2, 0) is 0 Å². The number of nitrogens with one attached hydrogen (secondary N) is 1. The average molecular weight is 275 g/mol. The third-order valence-corrected chi connectivity index (χ3v) is 4.62. The normalized spacial score (nSPS) is 21.6. The summed E-state index contributed by atoms with van der Waals surface area (Å²) in [7, 11) is 6.45. The maximum absolute atomic E-state index is 3.50. The van der Waals surface area contributed by atoms with Gasteiger partial charge in [0.1, 0.15) is 0 Å². The fourth-order valence-corrected chi connectivity index (χ4v) is 3.01. The number of anilines is 1. The molecule has 3 nitrogen and oxygen atoms in total. The Morgan fingerprint density at radius 2 is 1.75 bits per heavy atom. The van der Waals surface area contributed by atoms with Gasteiger partial charge in [-0.2, -0.15) is 0 Å². The quantitative estimate of drug-likeness (QED) is 0.911. The fraction of sp³-hybridized carbons (Fsp3) is 0.647. The molecule has 0 bridgehead atoms. The third kappa shape index (κ3) is 3.74. The van der Waals surface area contributed by atoms with Crippen molar-refractivity contribution in [3.05, 3.63) is 29.8 Å². The molecule has 0 aliphatic carbocycles. The Morgan fingerprint density at radius 1 is 1.05 bits per heavy atom. The van der Waals surface area contributed by atoms with Crippen LogP contribution in [0.1, 0.15) is 37.8 Å². The molecule has 1 heterocycles. The summed E-state index contributed by atoms with van der Waals surface area (Å²) < 4.78 is 0. The summed E-state index contributed by atoms with van der Waals surface area (Å²) >= 11 is 0. The highest BCUT2D eigenvalue weighted by Gasteiger charge is 2.21. The molecular formula is C17H29N3. The minimum absolute atomic E-state index is 0.481. The number of benzene rings is 1.